The first-order valence-electron chi connectivity index (χ1n) is 12.1. The molecule has 3 aromatic rings. The van der Waals surface area contributed by atoms with E-state index in [2.05, 4.69) is 32.9 Å². The van der Waals surface area contributed by atoms with E-state index >= 15 is 0 Å². The molecule has 1 unspecified atom stereocenters. The molecule has 0 radical (unpaired) electrons. The van der Waals surface area contributed by atoms with Gasteiger partial charge in [0, 0.05) is 6.08 Å². The van der Waals surface area contributed by atoms with Crippen molar-refractivity contribution >= 4 is 17.7 Å². The number of anilines is 1. The summed E-state index contributed by atoms with van der Waals surface area (Å²) >= 11 is 0. The first-order valence-corrected chi connectivity index (χ1v) is 12.1. The Balaban J connectivity index is 1.27. The van der Waals surface area contributed by atoms with Gasteiger partial charge in [0.25, 0.3) is 0 Å². The van der Waals surface area contributed by atoms with Crippen LogP contribution in [0.3, 0.4) is 0 Å². The van der Waals surface area contributed by atoms with Gasteiger partial charge in [-0.3, -0.25) is 4.79 Å². The van der Waals surface area contributed by atoms with Gasteiger partial charge in [0.1, 0.15) is 12.4 Å². The summed E-state index contributed by atoms with van der Waals surface area (Å²) in [6.07, 6.45) is 10.1. The molecule has 0 aliphatic carbocycles. The van der Waals surface area contributed by atoms with Gasteiger partial charge in [-0.25, -0.2) is 0 Å². The van der Waals surface area contributed by atoms with Crippen LogP contribution in [-0.2, 0) is 4.79 Å². The topological polar surface area (TPSA) is 111 Å². The number of nitrogens with zero attached hydrogens (tertiary/aromatic N) is 3. The fourth-order valence-corrected chi connectivity index (χ4v) is 3.72. The van der Waals surface area contributed by atoms with Gasteiger partial charge in [0.15, 0.2) is 17.6 Å². The Hall–Kier alpha value is -3.88. The van der Waals surface area contributed by atoms with Gasteiger partial charge in [-0.05, 0) is 42.3 Å². The molecule has 1 atom stereocenters. The third-order valence-electron chi connectivity index (χ3n) is 5.61. The first-order chi connectivity index (χ1) is 17.2. The lowest BCUT2D eigenvalue weighted by molar-refractivity contribution is -0.111. The molecule has 0 saturated heterocycles. The molecule has 35 heavy (non-hydrogen) atoms. The molecular weight excluding hydrogens is 446 g/mol. The number of aromatic amines is 1. The van der Waals surface area contributed by atoms with E-state index < -0.39 is 6.10 Å². The molecule has 2 N–H and O–H groups in total. The number of benzene rings is 2. The van der Waals surface area contributed by atoms with Crippen LogP contribution in [0.1, 0.15) is 62.9 Å². The van der Waals surface area contributed by atoms with Crippen LogP contribution >= 0.6 is 0 Å². The number of ether oxygens (including phenoxy) is 3. The molecule has 0 bridgehead atoms. The molecule has 0 spiro atoms. The number of nitrogens with one attached hydrogen (secondary N) is 2. The van der Waals surface area contributed by atoms with Crippen LogP contribution < -0.4 is 19.5 Å². The number of amides is 1. The quantitative estimate of drug-likeness (QED) is 0.276. The minimum atomic E-state index is -0.517. The van der Waals surface area contributed by atoms with Crippen LogP contribution in [-0.4, -0.2) is 39.7 Å². The summed E-state index contributed by atoms with van der Waals surface area (Å²) in [5, 5.41) is 16.7. The zero-order valence-electron chi connectivity index (χ0n) is 19.9. The molecule has 2 aromatic carbocycles. The predicted molar refractivity (Wildman–Crippen MR) is 132 cm³/mol. The van der Waals surface area contributed by atoms with Crippen molar-refractivity contribution in [1.82, 2.24) is 20.6 Å². The molecular formula is C26H31N5O4. The highest BCUT2D eigenvalue weighted by Gasteiger charge is 2.28. The highest BCUT2D eigenvalue weighted by Crippen LogP contribution is 2.41. The molecule has 2 heterocycles. The monoisotopic (exact) mass is 477 g/mol. The van der Waals surface area contributed by atoms with E-state index in [1.165, 1.54) is 38.2 Å². The van der Waals surface area contributed by atoms with Crippen LogP contribution in [0.15, 0.2) is 48.5 Å². The third-order valence-corrected chi connectivity index (χ3v) is 5.61. The normalized spacial score (nSPS) is 14.7. The number of tetrazole rings is 1. The maximum absolute atomic E-state index is 12.6. The van der Waals surface area contributed by atoms with E-state index in [9.17, 15) is 4.79 Å². The number of H-pyrrole nitrogens is 1. The van der Waals surface area contributed by atoms with Crippen LogP contribution in [0.4, 0.5) is 5.69 Å². The molecule has 4 rings (SSSR count). The van der Waals surface area contributed by atoms with E-state index in [4.69, 9.17) is 14.2 Å². The second kappa shape index (κ2) is 12.5. The van der Waals surface area contributed by atoms with Crippen molar-refractivity contribution in [2.24, 2.45) is 0 Å². The Morgan fingerprint density at radius 1 is 1.14 bits per heavy atom. The first kappa shape index (κ1) is 24.3. The Morgan fingerprint density at radius 3 is 2.77 bits per heavy atom. The molecule has 1 amide bonds. The summed E-state index contributed by atoms with van der Waals surface area (Å²) in [6, 6.07) is 13.0. The highest BCUT2D eigenvalue weighted by atomic mass is 16.6. The highest BCUT2D eigenvalue weighted by molar-refractivity contribution is 6.03. The number of unbranched alkanes of at least 4 members (excludes halogenated alkanes) is 5. The number of para-hydroxylation sites is 1. The van der Waals surface area contributed by atoms with E-state index in [0.717, 1.165) is 24.3 Å². The average molecular weight is 478 g/mol. The molecule has 1 aliphatic heterocycles. The van der Waals surface area contributed by atoms with Crippen LogP contribution in [0.2, 0.25) is 0 Å². The van der Waals surface area contributed by atoms with Crippen molar-refractivity contribution < 1.29 is 19.0 Å². The zero-order chi connectivity index (χ0) is 24.3. The largest absolute Gasteiger partial charge is 0.494 e. The molecule has 0 fully saturated rings. The molecule has 184 valence electrons. The summed E-state index contributed by atoms with van der Waals surface area (Å²) in [5.74, 6) is 1.91. The average Bonchev–Trinajstić information content (AvgIpc) is 3.43. The van der Waals surface area contributed by atoms with Crippen LogP contribution in [0.25, 0.3) is 6.08 Å². The van der Waals surface area contributed by atoms with Crippen molar-refractivity contribution in [1.29, 1.82) is 0 Å². The Labute approximate surface area is 204 Å². The number of hydrogen-bond donors (Lipinski definition) is 2. The lowest BCUT2D eigenvalue weighted by Crippen LogP contribution is -2.24. The number of hydrogen-bond acceptors (Lipinski definition) is 7. The van der Waals surface area contributed by atoms with E-state index in [0.29, 0.717) is 23.0 Å². The van der Waals surface area contributed by atoms with Crippen molar-refractivity contribution in [2.75, 3.05) is 18.5 Å². The molecule has 0 saturated carbocycles. The van der Waals surface area contributed by atoms with Gasteiger partial charge < -0.3 is 19.5 Å². The van der Waals surface area contributed by atoms with E-state index in [1.807, 2.05) is 24.3 Å². The second-order valence-corrected chi connectivity index (χ2v) is 8.33. The predicted octanol–water partition coefficient (Wildman–Crippen LogP) is 5.10. The van der Waals surface area contributed by atoms with Crippen molar-refractivity contribution in [2.45, 2.75) is 51.6 Å². The Kier molecular flexibility index (Phi) is 8.69. The molecule has 1 aliphatic rings. The minimum Gasteiger partial charge on any atom is -0.494 e. The number of carbonyl (C=O) groups excluding carboxylic acids is 1. The number of carbonyl (C=O) groups is 1. The third kappa shape index (κ3) is 7.05. The van der Waals surface area contributed by atoms with Crippen molar-refractivity contribution in [3.63, 3.8) is 0 Å². The van der Waals surface area contributed by atoms with E-state index in [-0.39, 0.29) is 12.5 Å². The zero-order valence-corrected chi connectivity index (χ0v) is 19.9. The summed E-state index contributed by atoms with van der Waals surface area (Å²) < 4.78 is 17.6. The van der Waals surface area contributed by atoms with Gasteiger partial charge in [-0.1, -0.05) is 62.4 Å². The summed E-state index contributed by atoms with van der Waals surface area (Å²) in [6.45, 7) is 3.20. The second-order valence-electron chi connectivity index (χ2n) is 8.33. The van der Waals surface area contributed by atoms with Crippen LogP contribution in [0.5, 0.6) is 17.2 Å². The molecule has 9 heteroatoms. The van der Waals surface area contributed by atoms with Gasteiger partial charge >= 0.3 is 0 Å². The maximum atomic E-state index is 12.6. The van der Waals surface area contributed by atoms with Gasteiger partial charge in [0.2, 0.25) is 11.7 Å². The number of fused-ring (bicyclic) bond motifs is 1. The lowest BCUT2D eigenvalue weighted by Gasteiger charge is -2.26. The Bertz CT molecular complexity index is 1100. The fraction of sp³-hybridized carbons (Fsp3) is 0.385. The summed E-state index contributed by atoms with van der Waals surface area (Å²) in [5.41, 5.74) is 1.41. The van der Waals surface area contributed by atoms with Crippen molar-refractivity contribution in [3.05, 3.63) is 59.9 Å². The van der Waals surface area contributed by atoms with Gasteiger partial charge in [-0.2, -0.15) is 5.21 Å². The molecule has 9 nitrogen and oxygen atoms in total. The number of aromatic nitrogens is 4. The smallest absolute Gasteiger partial charge is 0.248 e. The van der Waals surface area contributed by atoms with E-state index in [1.54, 1.807) is 24.3 Å². The summed E-state index contributed by atoms with van der Waals surface area (Å²) in [7, 11) is 0. The summed E-state index contributed by atoms with van der Waals surface area (Å²) in [4.78, 5) is 12.6. The Morgan fingerprint density at radius 2 is 1.97 bits per heavy atom. The van der Waals surface area contributed by atoms with Crippen molar-refractivity contribution in [3.8, 4) is 17.2 Å². The van der Waals surface area contributed by atoms with Gasteiger partial charge in [0.05, 0.1) is 12.3 Å². The van der Waals surface area contributed by atoms with Gasteiger partial charge in [-0.15, -0.1) is 10.2 Å². The lowest BCUT2D eigenvalue weighted by atomic mass is 10.1. The fourth-order valence-electron chi connectivity index (χ4n) is 3.72. The number of rotatable bonds is 12. The molecule has 1 aromatic heterocycles. The standard InChI is InChI=1S/C26H31N5O4/c1-2-3-4-5-6-7-17-33-20-14-11-19(12-15-20)13-16-24(32)27-21-9-8-10-22-25(21)35-23(18-34-22)26-28-30-31-29-26/h8-16,23H,2-7,17-18H2,1H3,(H,27,32)(H,28,29,30,31)/b16-13+. The maximum Gasteiger partial charge on any atom is 0.248 e. The SMILES string of the molecule is CCCCCCCCOc1ccc(/C=C/C(=O)Nc2cccc3c2OC(c2nn[nH]n2)CO3)cc1. The minimum absolute atomic E-state index is 0.252. The van der Waals surface area contributed by atoms with Crippen LogP contribution in [0, 0.1) is 0 Å².